The van der Waals surface area contributed by atoms with Crippen molar-refractivity contribution in [2.45, 2.75) is 143 Å². The third-order valence-electron chi connectivity index (χ3n) is 13.8. The molecule has 0 aromatic heterocycles. The summed E-state index contributed by atoms with van der Waals surface area (Å²) < 4.78 is 37.2. The number of aliphatic hydroxyl groups excluding tert-OH is 1. The van der Waals surface area contributed by atoms with E-state index in [9.17, 15) is 18.1 Å². The molecule has 0 radical (unpaired) electrons. The molecule has 0 spiro atoms. The number of nitrogens with two attached hydrogens (primary N) is 1. The third-order valence-corrected chi connectivity index (χ3v) is 14.3. The van der Waals surface area contributed by atoms with Gasteiger partial charge in [0.2, 0.25) is 0 Å². The number of aliphatic hydroxyl groups is 1. The summed E-state index contributed by atoms with van der Waals surface area (Å²) in [6.45, 7) is 17.4. The number of hydrogen-bond donors (Lipinski definition) is 6. The minimum absolute atomic E-state index is 0.0137. The van der Waals surface area contributed by atoms with Crippen LogP contribution in [0.15, 0.2) is 0 Å². The van der Waals surface area contributed by atoms with Gasteiger partial charge in [0.05, 0.1) is 12.2 Å². The first-order valence-electron chi connectivity index (χ1n) is 19.5. The van der Waals surface area contributed by atoms with Gasteiger partial charge >= 0.3 is 10.4 Å². The summed E-state index contributed by atoms with van der Waals surface area (Å²) in [7, 11) is -4.46. The molecule has 4 fully saturated rings. The van der Waals surface area contributed by atoms with Gasteiger partial charge in [-0.15, -0.1) is 0 Å². The van der Waals surface area contributed by atoms with Gasteiger partial charge in [0.1, 0.15) is 0 Å². The Morgan fingerprint density at radius 3 is 2.13 bits per heavy atom. The van der Waals surface area contributed by atoms with Crippen molar-refractivity contribution in [1.29, 1.82) is 0 Å². The molecule has 4 rings (SSSR count). The summed E-state index contributed by atoms with van der Waals surface area (Å²) in [6.07, 6.45) is 15.0. The van der Waals surface area contributed by atoms with Crippen LogP contribution in [0.4, 0.5) is 0 Å². The van der Waals surface area contributed by atoms with Crippen LogP contribution in [-0.2, 0) is 14.6 Å². The van der Waals surface area contributed by atoms with Gasteiger partial charge in [-0.05, 0) is 181 Å². The summed E-state index contributed by atoms with van der Waals surface area (Å²) in [6, 6.07) is 0.571. The van der Waals surface area contributed by atoms with Gasteiger partial charge < -0.3 is 26.8 Å². The van der Waals surface area contributed by atoms with Crippen molar-refractivity contribution in [2.75, 3.05) is 39.3 Å². The van der Waals surface area contributed by atoms with Crippen molar-refractivity contribution in [1.82, 2.24) is 16.0 Å². The van der Waals surface area contributed by atoms with E-state index in [2.05, 4.69) is 36.7 Å². The monoisotopic (exact) mass is 685 g/mol. The minimum atomic E-state index is -4.46. The Balaban J connectivity index is 1.23. The van der Waals surface area contributed by atoms with Crippen LogP contribution in [0.3, 0.4) is 0 Å². The molecule has 0 bridgehead atoms. The van der Waals surface area contributed by atoms with Gasteiger partial charge in [0, 0.05) is 6.04 Å². The first kappa shape index (κ1) is 39.5. The molecule has 0 saturated heterocycles. The number of rotatable bonds is 20. The molecule has 0 amide bonds. The average Bonchev–Trinajstić information content (AvgIpc) is 3.36. The fraction of sp³-hybridized carbons (Fsp3) is 1.00. The molecule has 0 aromatic rings. The molecule has 4 aliphatic rings. The van der Waals surface area contributed by atoms with Crippen LogP contribution in [0.25, 0.3) is 0 Å². The quantitative estimate of drug-likeness (QED) is 0.0720. The molecule has 9 nitrogen and oxygen atoms in total. The Morgan fingerprint density at radius 1 is 0.830 bits per heavy atom. The second-order valence-electron chi connectivity index (χ2n) is 17.0. The van der Waals surface area contributed by atoms with Crippen LogP contribution >= 0.6 is 0 Å². The summed E-state index contributed by atoms with van der Waals surface area (Å²) in [5.74, 6) is 3.20. The Morgan fingerprint density at radius 2 is 1.47 bits per heavy atom. The van der Waals surface area contributed by atoms with Gasteiger partial charge in [-0.1, -0.05) is 34.6 Å². The van der Waals surface area contributed by atoms with Gasteiger partial charge in [-0.25, -0.2) is 4.18 Å². The lowest BCUT2D eigenvalue weighted by Gasteiger charge is -2.62. The molecule has 5 unspecified atom stereocenters. The van der Waals surface area contributed by atoms with Crippen LogP contribution in [-0.4, -0.2) is 75.6 Å². The van der Waals surface area contributed by atoms with Crippen LogP contribution in [0, 0.1) is 52.3 Å². The Kier molecular flexibility index (Phi) is 14.9. The number of unbranched alkanes of at least 4 members (excludes halogenated alkanes) is 1. The maximum absolute atomic E-state index is 11.8. The molecule has 276 valence electrons. The molecule has 4 saturated carbocycles. The molecule has 4 aliphatic carbocycles. The Labute approximate surface area is 288 Å². The van der Waals surface area contributed by atoms with Gasteiger partial charge in [-0.2, -0.15) is 8.42 Å². The summed E-state index contributed by atoms with van der Waals surface area (Å²) >= 11 is 0. The normalized spacial score (nSPS) is 36.9. The summed E-state index contributed by atoms with van der Waals surface area (Å²) in [5, 5.41) is 22.8. The van der Waals surface area contributed by atoms with E-state index in [0.717, 1.165) is 65.0 Å². The van der Waals surface area contributed by atoms with Crippen molar-refractivity contribution in [3.8, 4) is 0 Å². The second kappa shape index (κ2) is 17.7. The Bertz CT molecular complexity index is 1050. The van der Waals surface area contributed by atoms with Crippen LogP contribution in [0.1, 0.15) is 125 Å². The van der Waals surface area contributed by atoms with Crippen molar-refractivity contribution in [2.24, 2.45) is 58.0 Å². The molecular weight excluding hydrogens is 612 g/mol. The van der Waals surface area contributed by atoms with Crippen molar-refractivity contribution < 1.29 is 22.3 Å². The maximum Gasteiger partial charge on any atom is 0.397 e. The standard InChI is InChI=1S/C37H72N4O5S/c1-26(2)34(46-47(43,44)45)13-10-27(3)30-11-12-31-35-32(15-17-37(30,31)5)36(4)16-14-29(24-28(36)25-33(35)42)41-23-9-22-40-20-7-6-19-39-21-8-18-38/h26-35,39-42H,6-25,38H2,1-5H3,(H,43,44,45)/t27-,28?,29+,30-,31?,32?,33-,34?,35?,36+,37-/m1/s1. The van der Waals surface area contributed by atoms with E-state index in [1.54, 1.807) is 0 Å². The third kappa shape index (κ3) is 10.1. The van der Waals surface area contributed by atoms with E-state index in [1.165, 1.54) is 57.8 Å². The average molecular weight is 685 g/mol. The van der Waals surface area contributed by atoms with Crippen LogP contribution in [0.5, 0.6) is 0 Å². The molecule has 0 aliphatic heterocycles. The summed E-state index contributed by atoms with van der Waals surface area (Å²) in [5.41, 5.74) is 6.08. The molecular formula is C37H72N4O5S. The zero-order valence-electron chi connectivity index (χ0n) is 30.5. The van der Waals surface area contributed by atoms with E-state index in [-0.39, 0.29) is 17.4 Å². The van der Waals surface area contributed by atoms with Crippen molar-refractivity contribution >= 4 is 10.4 Å². The lowest BCUT2D eigenvalue weighted by Crippen LogP contribution is -2.59. The van der Waals surface area contributed by atoms with Crippen molar-refractivity contribution in [3.05, 3.63) is 0 Å². The van der Waals surface area contributed by atoms with Gasteiger partial charge in [0.15, 0.2) is 0 Å². The number of hydrogen-bond acceptors (Lipinski definition) is 8. The van der Waals surface area contributed by atoms with Crippen LogP contribution in [0.2, 0.25) is 0 Å². The zero-order valence-corrected chi connectivity index (χ0v) is 31.3. The highest BCUT2D eigenvalue weighted by molar-refractivity contribution is 7.80. The van der Waals surface area contributed by atoms with E-state index >= 15 is 0 Å². The summed E-state index contributed by atoms with van der Waals surface area (Å²) in [4.78, 5) is 0. The first-order valence-corrected chi connectivity index (χ1v) is 20.8. The molecule has 0 heterocycles. The smallest absolute Gasteiger partial charge is 0.393 e. The second-order valence-corrected chi connectivity index (χ2v) is 18.1. The fourth-order valence-electron chi connectivity index (χ4n) is 11.2. The minimum Gasteiger partial charge on any atom is -0.393 e. The molecule has 11 atom stereocenters. The lowest BCUT2D eigenvalue weighted by atomic mass is 9.43. The topological polar surface area (TPSA) is 146 Å². The SMILES string of the molecule is CC(C)C(CC[C@@H](C)[C@H]1CCC2C3C(CC[C@@]21C)[C@@]1(C)CC[C@H](NCCCNCCCCNCCCN)CC1C[C@H]3O)OS(=O)(=O)O. The molecule has 47 heavy (non-hydrogen) atoms. The van der Waals surface area contributed by atoms with Gasteiger partial charge in [-0.3, -0.25) is 4.55 Å². The van der Waals surface area contributed by atoms with Crippen molar-refractivity contribution in [3.63, 3.8) is 0 Å². The maximum atomic E-state index is 11.8. The van der Waals surface area contributed by atoms with E-state index < -0.39 is 16.5 Å². The van der Waals surface area contributed by atoms with E-state index in [0.29, 0.717) is 53.4 Å². The van der Waals surface area contributed by atoms with Gasteiger partial charge in [0.25, 0.3) is 0 Å². The highest BCUT2D eigenvalue weighted by Crippen LogP contribution is 2.68. The predicted molar refractivity (Wildman–Crippen MR) is 191 cm³/mol. The molecule has 7 N–H and O–H groups in total. The highest BCUT2D eigenvalue weighted by atomic mass is 32.3. The highest BCUT2D eigenvalue weighted by Gasteiger charge is 2.62. The Hall–Kier alpha value is -0.330. The zero-order chi connectivity index (χ0) is 34.2. The molecule has 10 heteroatoms. The van der Waals surface area contributed by atoms with Crippen LogP contribution < -0.4 is 21.7 Å². The number of nitrogens with one attached hydrogen (secondary N) is 3. The fourth-order valence-corrected chi connectivity index (χ4v) is 11.8. The molecule has 0 aromatic carbocycles. The van der Waals surface area contributed by atoms with E-state index in [4.69, 9.17) is 9.92 Å². The van der Waals surface area contributed by atoms with E-state index in [1.807, 2.05) is 13.8 Å². The number of fused-ring (bicyclic) bond motifs is 5. The largest absolute Gasteiger partial charge is 0.397 e. The lowest BCUT2D eigenvalue weighted by molar-refractivity contribution is -0.167. The first-order chi connectivity index (χ1) is 22.3. The predicted octanol–water partition coefficient (Wildman–Crippen LogP) is 5.53.